The van der Waals surface area contributed by atoms with Crippen molar-refractivity contribution in [1.29, 1.82) is 0 Å². The Bertz CT molecular complexity index is 898. The molecule has 6 heteroatoms. The fourth-order valence-electron chi connectivity index (χ4n) is 2.64. The van der Waals surface area contributed by atoms with Gasteiger partial charge in [0.2, 0.25) is 0 Å². The molecule has 0 radical (unpaired) electrons. The summed E-state index contributed by atoms with van der Waals surface area (Å²) in [4.78, 5) is 16.3. The maximum atomic E-state index is 13.2. The molecular formula is C18H17FN2O2S. The number of amides is 1. The zero-order chi connectivity index (χ0) is 17.3. The lowest BCUT2D eigenvalue weighted by atomic mass is 10.1. The van der Waals surface area contributed by atoms with Gasteiger partial charge in [0.1, 0.15) is 11.6 Å². The molecule has 3 rings (SSSR count). The van der Waals surface area contributed by atoms with Gasteiger partial charge in [-0.25, -0.2) is 9.37 Å². The number of nitrogens with zero attached hydrogens (tertiary/aromatic N) is 1. The summed E-state index contributed by atoms with van der Waals surface area (Å²) in [5.74, 6) is 0.105. The van der Waals surface area contributed by atoms with E-state index >= 15 is 0 Å². The van der Waals surface area contributed by atoms with Crippen LogP contribution >= 0.6 is 11.3 Å². The zero-order valence-electron chi connectivity index (χ0n) is 13.6. The van der Waals surface area contributed by atoms with Crippen molar-refractivity contribution in [2.75, 3.05) is 11.9 Å². The molecule has 2 aromatic carbocycles. The summed E-state index contributed by atoms with van der Waals surface area (Å²) >= 11 is 1.23. The number of hydrogen-bond acceptors (Lipinski definition) is 4. The summed E-state index contributed by atoms with van der Waals surface area (Å²) in [5.41, 5.74) is 3.80. The van der Waals surface area contributed by atoms with E-state index in [1.165, 1.54) is 23.5 Å². The smallest absolute Gasteiger partial charge is 0.264 e. The summed E-state index contributed by atoms with van der Waals surface area (Å²) in [7, 11) is 0. The normalized spacial score (nSPS) is 10.8. The first-order chi connectivity index (χ1) is 11.4. The molecule has 4 nitrogen and oxygen atoms in total. The van der Waals surface area contributed by atoms with Crippen molar-refractivity contribution < 1.29 is 13.9 Å². The number of carbonyl (C=O) groups excluding carboxylic acids is 1. The van der Waals surface area contributed by atoms with Gasteiger partial charge < -0.3 is 4.74 Å². The largest absolute Gasteiger partial charge is 0.483 e. The van der Waals surface area contributed by atoms with Gasteiger partial charge in [-0.15, -0.1) is 0 Å². The second kappa shape index (κ2) is 6.57. The van der Waals surface area contributed by atoms with Crippen LogP contribution in [0.3, 0.4) is 0 Å². The number of thiazole rings is 1. The maximum absolute atomic E-state index is 13.2. The first-order valence-electron chi connectivity index (χ1n) is 7.49. The minimum atomic E-state index is -0.322. The van der Waals surface area contributed by atoms with Crippen LogP contribution in [0.25, 0.3) is 10.2 Å². The molecule has 0 atom stereocenters. The van der Waals surface area contributed by atoms with Crippen molar-refractivity contribution in [1.82, 2.24) is 4.98 Å². The Labute approximate surface area is 143 Å². The molecule has 0 bridgehead atoms. The Balaban J connectivity index is 1.67. The van der Waals surface area contributed by atoms with E-state index < -0.39 is 0 Å². The van der Waals surface area contributed by atoms with Gasteiger partial charge in [0.25, 0.3) is 5.91 Å². The topological polar surface area (TPSA) is 51.2 Å². The van der Waals surface area contributed by atoms with Crippen molar-refractivity contribution in [3.63, 3.8) is 0 Å². The summed E-state index contributed by atoms with van der Waals surface area (Å²) in [6, 6.07) is 8.37. The highest BCUT2D eigenvalue weighted by Crippen LogP contribution is 2.27. The first-order valence-corrected chi connectivity index (χ1v) is 8.30. The van der Waals surface area contributed by atoms with Crippen LogP contribution in [0.4, 0.5) is 9.52 Å². The van der Waals surface area contributed by atoms with Crippen LogP contribution in [0, 0.1) is 26.6 Å². The van der Waals surface area contributed by atoms with Gasteiger partial charge >= 0.3 is 0 Å². The average Bonchev–Trinajstić information content (AvgIpc) is 2.87. The molecule has 1 aromatic heterocycles. The molecule has 1 amide bonds. The van der Waals surface area contributed by atoms with Crippen LogP contribution in [0.2, 0.25) is 0 Å². The van der Waals surface area contributed by atoms with Gasteiger partial charge in [0.05, 0.1) is 10.2 Å². The molecular weight excluding hydrogens is 327 g/mol. The molecule has 1 heterocycles. The first kappa shape index (κ1) is 16.4. The van der Waals surface area contributed by atoms with Gasteiger partial charge in [0, 0.05) is 0 Å². The highest BCUT2D eigenvalue weighted by Gasteiger charge is 2.11. The monoisotopic (exact) mass is 344 g/mol. The number of fused-ring (bicyclic) bond motifs is 1. The van der Waals surface area contributed by atoms with E-state index in [-0.39, 0.29) is 18.3 Å². The zero-order valence-corrected chi connectivity index (χ0v) is 14.5. The van der Waals surface area contributed by atoms with Gasteiger partial charge in [-0.05, 0) is 50.1 Å². The number of halogens is 1. The number of aryl methyl sites for hydroxylation is 3. The van der Waals surface area contributed by atoms with E-state index in [9.17, 15) is 9.18 Å². The summed E-state index contributed by atoms with van der Waals surface area (Å²) in [6.07, 6.45) is 0. The lowest BCUT2D eigenvalue weighted by Gasteiger charge is -2.12. The lowest BCUT2D eigenvalue weighted by molar-refractivity contribution is -0.118. The van der Waals surface area contributed by atoms with E-state index in [0.717, 1.165) is 22.4 Å². The fraction of sp³-hybridized carbons (Fsp3) is 0.222. The standard InChI is InChI=1S/C18H17FN2O2S/c1-10-6-11(2)17(12(3)7-10)23-9-16(22)21-18-20-14-5-4-13(19)8-15(14)24-18/h4-8H,9H2,1-3H3,(H,20,21,22). The van der Waals surface area contributed by atoms with Crippen LogP contribution in [-0.2, 0) is 4.79 Å². The summed E-state index contributed by atoms with van der Waals surface area (Å²) < 4.78 is 19.5. The molecule has 3 aromatic rings. The number of rotatable bonds is 4. The van der Waals surface area contributed by atoms with Crippen LogP contribution in [-0.4, -0.2) is 17.5 Å². The SMILES string of the molecule is Cc1cc(C)c(OCC(=O)Nc2nc3ccc(F)cc3s2)c(C)c1. The Morgan fingerprint density at radius 2 is 1.92 bits per heavy atom. The second-order valence-electron chi connectivity index (χ2n) is 5.70. The summed E-state index contributed by atoms with van der Waals surface area (Å²) in [5, 5.41) is 3.12. The third kappa shape index (κ3) is 3.54. The molecule has 0 aliphatic carbocycles. The maximum Gasteiger partial charge on any atom is 0.264 e. The number of anilines is 1. The highest BCUT2D eigenvalue weighted by atomic mass is 32.1. The van der Waals surface area contributed by atoms with Crippen LogP contribution < -0.4 is 10.1 Å². The van der Waals surface area contributed by atoms with E-state index in [0.29, 0.717) is 15.3 Å². The van der Waals surface area contributed by atoms with Crippen molar-refractivity contribution in [2.24, 2.45) is 0 Å². The third-order valence-corrected chi connectivity index (χ3v) is 4.48. The van der Waals surface area contributed by atoms with Gasteiger partial charge in [-0.3, -0.25) is 10.1 Å². The Morgan fingerprint density at radius 1 is 1.21 bits per heavy atom. The molecule has 0 saturated carbocycles. The van der Waals surface area contributed by atoms with Crippen molar-refractivity contribution >= 4 is 32.6 Å². The molecule has 0 aliphatic rings. The molecule has 0 spiro atoms. The van der Waals surface area contributed by atoms with Gasteiger partial charge in [-0.2, -0.15) is 0 Å². The van der Waals surface area contributed by atoms with E-state index in [4.69, 9.17) is 4.74 Å². The number of hydrogen-bond donors (Lipinski definition) is 1. The van der Waals surface area contributed by atoms with Crippen LogP contribution in [0.5, 0.6) is 5.75 Å². The molecule has 24 heavy (non-hydrogen) atoms. The Hall–Kier alpha value is -2.47. The molecule has 124 valence electrons. The van der Waals surface area contributed by atoms with Crippen LogP contribution in [0.1, 0.15) is 16.7 Å². The van der Waals surface area contributed by atoms with Crippen LogP contribution in [0.15, 0.2) is 30.3 Å². The van der Waals surface area contributed by atoms with Crippen molar-refractivity contribution in [3.05, 3.63) is 52.8 Å². The third-order valence-electron chi connectivity index (χ3n) is 3.55. The number of ether oxygens (including phenoxy) is 1. The summed E-state index contributed by atoms with van der Waals surface area (Å²) in [6.45, 7) is 5.83. The predicted molar refractivity (Wildman–Crippen MR) is 94.4 cm³/mol. The molecule has 0 saturated heterocycles. The minimum absolute atomic E-state index is 0.102. The van der Waals surface area contributed by atoms with Gasteiger partial charge in [0.15, 0.2) is 11.7 Å². The van der Waals surface area contributed by atoms with Crippen molar-refractivity contribution in [2.45, 2.75) is 20.8 Å². The number of aromatic nitrogens is 1. The van der Waals surface area contributed by atoms with Crippen molar-refractivity contribution in [3.8, 4) is 5.75 Å². The fourth-order valence-corrected chi connectivity index (χ4v) is 3.55. The Kier molecular flexibility index (Phi) is 4.49. The second-order valence-corrected chi connectivity index (χ2v) is 6.73. The van der Waals surface area contributed by atoms with E-state index in [2.05, 4.69) is 10.3 Å². The highest BCUT2D eigenvalue weighted by molar-refractivity contribution is 7.22. The number of nitrogens with one attached hydrogen (secondary N) is 1. The minimum Gasteiger partial charge on any atom is -0.483 e. The molecule has 0 unspecified atom stereocenters. The predicted octanol–water partition coefficient (Wildman–Crippen LogP) is 4.38. The molecule has 0 fully saturated rings. The molecule has 0 aliphatic heterocycles. The quantitative estimate of drug-likeness (QED) is 0.764. The number of benzene rings is 2. The average molecular weight is 344 g/mol. The molecule has 1 N–H and O–H groups in total. The van der Waals surface area contributed by atoms with E-state index in [1.54, 1.807) is 6.07 Å². The lowest BCUT2D eigenvalue weighted by Crippen LogP contribution is -2.20. The number of carbonyl (C=O) groups is 1. The Morgan fingerprint density at radius 3 is 2.62 bits per heavy atom. The van der Waals surface area contributed by atoms with E-state index in [1.807, 2.05) is 32.9 Å². The van der Waals surface area contributed by atoms with Gasteiger partial charge in [-0.1, -0.05) is 29.0 Å².